The predicted molar refractivity (Wildman–Crippen MR) is 106 cm³/mol. The van der Waals surface area contributed by atoms with Gasteiger partial charge >= 0.3 is 0 Å². The van der Waals surface area contributed by atoms with Crippen molar-refractivity contribution in [3.63, 3.8) is 0 Å². The average Bonchev–Trinajstić information content (AvgIpc) is 3.03. The number of nitrogens with zero attached hydrogens (tertiary/aromatic N) is 2. The average molecular weight is 413 g/mol. The maximum absolute atomic E-state index is 14.1. The summed E-state index contributed by atoms with van der Waals surface area (Å²) in [6.45, 7) is 1.06. The molecule has 0 bridgehead atoms. The fourth-order valence-corrected chi connectivity index (χ4v) is 4.01. The van der Waals surface area contributed by atoms with E-state index in [1.165, 1.54) is 42.5 Å². The highest BCUT2D eigenvalue weighted by molar-refractivity contribution is 6.22. The molecule has 2 aliphatic rings. The van der Waals surface area contributed by atoms with Crippen LogP contribution in [0.4, 0.5) is 14.5 Å². The third kappa shape index (κ3) is 3.95. The fraction of sp³-hybridized carbons (Fsp3) is 0.318. The highest BCUT2D eigenvalue weighted by atomic mass is 19.1. The molecule has 2 fully saturated rings. The van der Waals surface area contributed by atoms with E-state index in [0.717, 1.165) is 4.90 Å². The molecule has 4 rings (SSSR count). The predicted octanol–water partition coefficient (Wildman–Crippen LogP) is 2.49. The Morgan fingerprint density at radius 1 is 0.967 bits per heavy atom. The molecular weight excluding hydrogens is 392 g/mol. The summed E-state index contributed by atoms with van der Waals surface area (Å²) in [5.74, 6) is -2.12. The van der Waals surface area contributed by atoms with E-state index in [0.29, 0.717) is 31.5 Å². The number of para-hydroxylation sites is 1. The van der Waals surface area contributed by atoms with Crippen molar-refractivity contribution in [2.45, 2.75) is 31.3 Å². The summed E-state index contributed by atoms with van der Waals surface area (Å²) in [6, 6.07) is 10.4. The van der Waals surface area contributed by atoms with Crippen molar-refractivity contribution >= 4 is 23.4 Å². The van der Waals surface area contributed by atoms with Gasteiger partial charge in [-0.1, -0.05) is 12.1 Å². The molecule has 0 aliphatic carbocycles. The second kappa shape index (κ2) is 8.31. The van der Waals surface area contributed by atoms with Gasteiger partial charge in [0.25, 0.3) is 11.8 Å². The lowest BCUT2D eigenvalue weighted by molar-refractivity contribution is -0.123. The van der Waals surface area contributed by atoms with E-state index in [2.05, 4.69) is 5.32 Å². The first-order valence-electron chi connectivity index (χ1n) is 9.86. The normalized spacial score (nSPS) is 20.6. The molecule has 1 unspecified atom stereocenters. The number of hydrogen-bond donors (Lipinski definition) is 1. The molecule has 2 aromatic rings. The summed E-state index contributed by atoms with van der Waals surface area (Å²) >= 11 is 0. The van der Waals surface area contributed by atoms with Gasteiger partial charge in [0.05, 0.1) is 18.2 Å². The van der Waals surface area contributed by atoms with Crippen LogP contribution < -0.4 is 10.2 Å². The zero-order valence-electron chi connectivity index (χ0n) is 16.2. The van der Waals surface area contributed by atoms with E-state index < -0.39 is 29.5 Å². The van der Waals surface area contributed by atoms with E-state index in [1.54, 1.807) is 6.07 Å². The smallest absolute Gasteiger partial charge is 0.251 e. The van der Waals surface area contributed by atoms with Crippen LogP contribution in [0.5, 0.6) is 0 Å². The molecule has 156 valence electrons. The van der Waals surface area contributed by atoms with Crippen LogP contribution in [0.15, 0.2) is 48.5 Å². The molecule has 0 aromatic heterocycles. The molecule has 2 aromatic carbocycles. The lowest BCUT2D eigenvalue weighted by Crippen LogP contribution is -2.50. The molecule has 2 aliphatic heterocycles. The van der Waals surface area contributed by atoms with Gasteiger partial charge in [-0.05, 0) is 49.2 Å². The van der Waals surface area contributed by atoms with Gasteiger partial charge in [0.2, 0.25) is 5.91 Å². The first kappa shape index (κ1) is 20.2. The Morgan fingerprint density at radius 2 is 1.63 bits per heavy atom. The van der Waals surface area contributed by atoms with Crippen molar-refractivity contribution in [2.24, 2.45) is 0 Å². The molecule has 2 saturated heterocycles. The Labute approximate surface area is 172 Å². The summed E-state index contributed by atoms with van der Waals surface area (Å²) in [4.78, 5) is 40.4. The van der Waals surface area contributed by atoms with Crippen LogP contribution in [0.1, 0.15) is 29.6 Å². The summed E-state index contributed by atoms with van der Waals surface area (Å²) < 4.78 is 27.1. The van der Waals surface area contributed by atoms with Gasteiger partial charge in [-0.25, -0.2) is 13.7 Å². The Hall–Kier alpha value is -3.13. The van der Waals surface area contributed by atoms with E-state index in [-0.39, 0.29) is 24.1 Å². The lowest BCUT2D eigenvalue weighted by Gasteiger charge is -2.35. The Bertz CT molecular complexity index is 972. The number of carbonyl (C=O) groups excluding carboxylic acids is 3. The standard InChI is InChI=1S/C22H21F2N3O3/c23-15-7-5-14(6-8-15)21(29)25-16-9-11-26(12-10-16)19-13-20(28)27(22(19)30)18-4-2-1-3-17(18)24/h1-8,16,19H,9-13H2,(H,25,29). The molecule has 1 atom stereocenters. The molecule has 1 N–H and O–H groups in total. The second-order valence-electron chi connectivity index (χ2n) is 7.53. The van der Waals surface area contributed by atoms with Crippen molar-refractivity contribution < 1.29 is 23.2 Å². The largest absolute Gasteiger partial charge is 0.349 e. The monoisotopic (exact) mass is 413 g/mol. The van der Waals surface area contributed by atoms with Crippen LogP contribution in [0.3, 0.4) is 0 Å². The van der Waals surface area contributed by atoms with E-state index in [4.69, 9.17) is 0 Å². The fourth-order valence-electron chi connectivity index (χ4n) is 4.01. The highest BCUT2D eigenvalue weighted by Crippen LogP contribution is 2.29. The SMILES string of the molecule is O=C(NC1CCN(C2CC(=O)N(c3ccccc3F)C2=O)CC1)c1ccc(F)cc1. The third-order valence-electron chi connectivity index (χ3n) is 5.63. The number of nitrogens with one attached hydrogen (secondary N) is 1. The summed E-state index contributed by atoms with van der Waals surface area (Å²) in [7, 11) is 0. The lowest BCUT2D eigenvalue weighted by atomic mass is 10.0. The molecule has 0 spiro atoms. The molecule has 3 amide bonds. The zero-order valence-corrected chi connectivity index (χ0v) is 16.2. The second-order valence-corrected chi connectivity index (χ2v) is 7.53. The van der Waals surface area contributed by atoms with Gasteiger partial charge in [0.1, 0.15) is 11.6 Å². The Morgan fingerprint density at radius 3 is 2.30 bits per heavy atom. The minimum Gasteiger partial charge on any atom is -0.349 e. The van der Waals surface area contributed by atoms with Crippen LogP contribution in [-0.4, -0.2) is 47.8 Å². The highest BCUT2D eigenvalue weighted by Gasteiger charge is 2.44. The number of hydrogen-bond acceptors (Lipinski definition) is 4. The molecule has 6 nitrogen and oxygen atoms in total. The van der Waals surface area contributed by atoms with Gasteiger partial charge in [-0.2, -0.15) is 0 Å². The topological polar surface area (TPSA) is 69.7 Å². The number of carbonyl (C=O) groups is 3. The Kier molecular flexibility index (Phi) is 5.59. The van der Waals surface area contributed by atoms with Crippen molar-refractivity contribution in [3.8, 4) is 0 Å². The molecule has 0 saturated carbocycles. The minimum absolute atomic E-state index is 0.0137. The number of amides is 3. The van der Waals surface area contributed by atoms with Crippen LogP contribution in [-0.2, 0) is 9.59 Å². The number of anilines is 1. The first-order chi connectivity index (χ1) is 14.4. The van der Waals surface area contributed by atoms with Gasteiger partial charge in [0.15, 0.2) is 0 Å². The van der Waals surface area contributed by atoms with Gasteiger partial charge in [-0.15, -0.1) is 0 Å². The number of piperidine rings is 1. The molecule has 0 radical (unpaired) electrons. The third-order valence-corrected chi connectivity index (χ3v) is 5.63. The first-order valence-corrected chi connectivity index (χ1v) is 9.86. The molecular formula is C22H21F2N3O3. The van der Waals surface area contributed by atoms with Crippen LogP contribution in [0, 0.1) is 11.6 Å². The summed E-state index contributed by atoms with van der Waals surface area (Å²) in [5, 5.41) is 2.93. The van der Waals surface area contributed by atoms with Crippen molar-refractivity contribution in [1.29, 1.82) is 0 Å². The summed E-state index contributed by atoms with van der Waals surface area (Å²) in [6.07, 6.45) is 1.25. The maximum Gasteiger partial charge on any atom is 0.251 e. The van der Waals surface area contributed by atoms with Crippen molar-refractivity contribution in [3.05, 3.63) is 65.7 Å². The minimum atomic E-state index is -0.620. The number of likely N-dealkylation sites (tertiary alicyclic amines) is 1. The van der Waals surface area contributed by atoms with Crippen molar-refractivity contribution in [2.75, 3.05) is 18.0 Å². The zero-order chi connectivity index (χ0) is 21.3. The number of halogens is 2. The van der Waals surface area contributed by atoms with Gasteiger partial charge in [-0.3, -0.25) is 19.3 Å². The van der Waals surface area contributed by atoms with Crippen LogP contribution in [0.2, 0.25) is 0 Å². The molecule has 2 heterocycles. The van der Waals surface area contributed by atoms with E-state index in [1.807, 2.05) is 4.90 Å². The summed E-state index contributed by atoms with van der Waals surface area (Å²) in [5.41, 5.74) is 0.368. The van der Waals surface area contributed by atoms with Crippen molar-refractivity contribution in [1.82, 2.24) is 10.2 Å². The molecule has 8 heteroatoms. The van der Waals surface area contributed by atoms with Crippen LogP contribution >= 0.6 is 0 Å². The number of benzene rings is 2. The van der Waals surface area contributed by atoms with E-state index >= 15 is 0 Å². The van der Waals surface area contributed by atoms with Gasteiger partial charge in [0, 0.05) is 24.7 Å². The Balaban J connectivity index is 1.36. The number of imide groups is 1. The maximum atomic E-state index is 14.1. The van der Waals surface area contributed by atoms with E-state index in [9.17, 15) is 23.2 Å². The van der Waals surface area contributed by atoms with Gasteiger partial charge < -0.3 is 5.32 Å². The van der Waals surface area contributed by atoms with Crippen LogP contribution in [0.25, 0.3) is 0 Å². The molecule has 30 heavy (non-hydrogen) atoms. The quantitative estimate of drug-likeness (QED) is 0.782. The number of rotatable bonds is 4.